The van der Waals surface area contributed by atoms with E-state index in [1.807, 2.05) is 13.8 Å². The van der Waals surface area contributed by atoms with Crippen molar-refractivity contribution in [1.29, 1.82) is 0 Å². The van der Waals surface area contributed by atoms with E-state index in [1.54, 1.807) is 11.9 Å². The number of nitrogens with zero attached hydrogens (tertiary/aromatic N) is 2. The molecule has 0 spiro atoms. The zero-order valence-electron chi connectivity index (χ0n) is 17.3. The van der Waals surface area contributed by atoms with Crippen LogP contribution in [0.4, 0.5) is 0 Å². The van der Waals surface area contributed by atoms with E-state index >= 15 is 0 Å². The average molecular weight is 424 g/mol. The van der Waals surface area contributed by atoms with Crippen LogP contribution in [-0.2, 0) is 21.9 Å². The fraction of sp³-hybridized carbons (Fsp3) is 0.600. The lowest BCUT2D eigenvalue weighted by Crippen LogP contribution is -2.51. The summed E-state index contributed by atoms with van der Waals surface area (Å²) in [4.78, 5) is 26.4. The molecule has 1 N–H and O–H groups in total. The number of rotatable bonds is 6. The van der Waals surface area contributed by atoms with Crippen LogP contribution in [0.2, 0.25) is 0 Å². The van der Waals surface area contributed by atoms with Gasteiger partial charge in [0.2, 0.25) is 15.9 Å². The maximum absolute atomic E-state index is 13.0. The highest BCUT2D eigenvalue weighted by atomic mass is 32.2. The Morgan fingerprint density at radius 3 is 2.55 bits per heavy atom. The molecular formula is C20H29N3O5S. The van der Waals surface area contributed by atoms with E-state index in [2.05, 4.69) is 11.6 Å². The number of carbonyl (C=O) groups excluding carboxylic acids is 1. The van der Waals surface area contributed by atoms with E-state index in [0.717, 1.165) is 12.8 Å². The van der Waals surface area contributed by atoms with Crippen LogP contribution in [-0.4, -0.2) is 42.9 Å². The molecule has 0 radical (unpaired) electrons. The number of carbonyl (C=O) groups is 1. The fourth-order valence-corrected chi connectivity index (χ4v) is 4.87. The van der Waals surface area contributed by atoms with Crippen LogP contribution in [0.3, 0.4) is 0 Å². The number of nitrogens with one attached hydrogen (secondary N) is 1. The minimum absolute atomic E-state index is 0.0341. The highest BCUT2D eigenvalue weighted by Gasteiger charge is 2.31. The summed E-state index contributed by atoms with van der Waals surface area (Å²) in [5, 5.41) is 0. The van der Waals surface area contributed by atoms with Crippen molar-refractivity contribution in [3.8, 4) is 0 Å². The Balaban J connectivity index is 1.85. The molecule has 1 aliphatic rings. The number of fused-ring (bicyclic) bond motifs is 1. The van der Waals surface area contributed by atoms with Crippen molar-refractivity contribution in [2.24, 2.45) is 18.9 Å². The summed E-state index contributed by atoms with van der Waals surface area (Å²) < 4.78 is 35.0. The molecule has 9 heteroatoms. The first-order valence-corrected chi connectivity index (χ1v) is 11.5. The summed E-state index contributed by atoms with van der Waals surface area (Å²) in [6.07, 6.45) is 2.26. The average Bonchev–Trinajstić information content (AvgIpc) is 2.94. The second kappa shape index (κ2) is 8.31. The molecule has 0 aliphatic carbocycles. The van der Waals surface area contributed by atoms with Gasteiger partial charge >= 0.3 is 5.76 Å². The van der Waals surface area contributed by atoms with E-state index in [0.29, 0.717) is 30.9 Å². The molecule has 1 aromatic carbocycles. The Hall–Kier alpha value is -2.13. The Morgan fingerprint density at radius 1 is 1.28 bits per heavy atom. The molecule has 0 saturated carbocycles. The fourth-order valence-electron chi connectivity index (χ4n) is 3.66. The van der Waals surface area contributed by atoms with Crippen molar-refractivity contribution in [2.75, 3.05) is 13.1 Å². The molecule has 1 fully saturated rings. The molecule has 1 aliphatic heterocycles. The molecule has 2 heterocycles. The van der Waals surface area contributed by atoms with Gasteiger partial charge in [0.15, 0.2) is 5.58 Å². The number of oxazole rings is 1. The molecule has 1 amide bonds. The normalized spacial score (nSPS) is 17.2. The summed E-state index contributed by atoms with van der Waals surface area (Å²) in [5.41, 5.74) is 0.698. The number of hydrogen-bond donors (Lipinski definition) is 1. The molecule has 160 valence electrons. The first-order chi connectivity index (χ1) is 13.6. The largest absolute Gasteiger partial charge is 0.419 e. The zero-order chi connectivity index (χ0) is 21.3. The number of aromatic nitrogens is 1. The van der Waals surface area contributed by atoms with Gasteiger partial charge in [0.1, 0.15) is 6.04 Å². The number of benzene rings is 1. The first-order valence-electron chi connectivity index (χ1n) is 9.99. The quantitative estimate of drug-likeness (QED) is 0.767. The summed E-state index contributed by atoms with van der Waals surface area (Å²) in [5.74, 6) is -0.0206. The van der Waals surface area contributed by atoms with Crippen LogP contribution in [0.15, 0.2) is 32.3 Å². The summed E-state index contributed by atoms with van der Waals surface area (Å²) in [6, 6.07) is 3.43. The van der Waals surface area contributed by atoms with Crippen LogP contribution < -0.4 is 10.5 Å². The number of aryl methyl sites for hydroxylation is 1. The Labute approximate surface area is 170 Å². The van der Waals surface area contributed by atoms with Crippen molar-refractivity contribution < 1.29 is 17.6 Å². The molecule has 29 heavy (non-hydrogen) atoms. The molecule has 1 saturated heterocycles. The van der Waals surface area contributed by atoms with Crippen LogP contribution in [0, 0.1) is 11.8 Å². The third-order valence-corrected chi connectivity index (χ3v) is 6.94. The molecule has 3 rings (SSSR count). The van der Waals surface area contributed by atoms with E-state index < -0.39 is 21.8 Å². The van der Waals surface area contributed by atoms with Crippen molar-refractivity contribution in [2.45, 2.75) is 51.0 Å². The maximum atomic E-state index is 13.0. The number of likely N-dealkylation sites (tertiary alicyclic amines) is 1. The van der Waals surface area contributed by atoms with E-state index in [4.69, 9.17) is 4.42 Å². The van der Waals surface area contributed by atoms with Gasteiger partial charge in [0.25, 0.3) is 0 Å². The number of amides is 1. The summed E-state index contributed by atoms with van der Waals surface area (Å²) in [7, 11) is -2.41. The summed E-state index contributed by atoms with van der Waals surface area (Å²) in [6.45, 7) is 7.37. The maximum Gasteiger partial charge on any atom is 0.419 e. The van der Waals surface area contributed by atoms with Crippen LogP contribution in [0.5, 0.6) is 0 Å². The van der Waals surface area contributed by atoms with Gasteiger partial charge in [-0.3, -0.25) is 9.36 Å². The predicted molar refractivity (Wildman–Crippen MR) is 110 cm³/mol. The summed E-state index contributed by atoms with van der Waals surface area (Å²) >= 11 is 0. The lowest BCUT2D eigenvalue weighted by molar-refractivity contribution is -0.134. The van der Waals surface area contributed by atoms with Gasteiger partial charge in [0, 0.05) is 26.2 Å². The number of sulfonamides is 1. The standard InChI is InChI=1S/C20H29N3O5S/c1-13(2)11-16(19(24)23-9-7-14(3)8-10-23)21-29(26,27)15-5-6-17-18(12-15)28-20(25)22(17)4/h5-6,12-14,16,21H,7-11H2,1-4H3/t16-/m1/s1. The Morgan fingerprint density at radius 2 is 1.93 bits per heavy atom. The third-order valence-electron chi connectivity index (χ3n) is 5.47. The van der Waals surface area contributed by atoms with Gasteiger partial charge in [-0.15, -0.1) is 0 Å². The van der Waals surface area contributed by atoms with Gasteiger partial charge in [-0.1, -0.05) is 20.8 Å². The van der Waals surface area contributed by atoms with Gasteiger partial charge < -0.3 is 9.32 Å². The van der Waals surface area contributed by atoms with Crippen molar-refractivity contribution in [3.05, 3.63) is 28.7 Å². The lowest BCUT2D eigenvalue weighted by atomic mass is 9.97. The highest BCUT2D eigenvalue weighted by Crippen LogP contribution is 2.21. The van der Waals surface area contributed by atoms with Crippen LogP contribution in [0.1, 0.15) is 40.0 Å². The topological polar surface area (TPSA) is 102 Å². The Kier molecular flexibility index (Phi) is 6.19. The van der Waals surface area contributed by atoms with Gasteiger partial charge in [-0.2, -0.15) is 4.72 Å². The molecule has 0 unspecified atom stereocenters. The second-order valence-electron chi connectivity index (χ2n) is 8.37. The zero-order valence-corrected chi connectivity index (χ0v) is 18.2. The number of hydrogen-bond acceptors (Lipinski definition) is 5. The second-order valence-corrected chi connectivity index (χ2v) is 10.1. The van der Waals surface area contributed by atoms with E-state index in [-0.39, 0.29) is 22.3 Å². The van der Waals surface area contributed by atoms with E-state index in [1.165, 1.54) is 22.8 Å². The molecule has 1 aromatic heterocycles. The van der Waals surface area contributed by atoms with Gasteiger partial charge in [-0.05, 0) is 43.2 Å². The molecule has 0 bridgehead atoms. The van der Waals surface area contributed by atoms with Crippen molar-refractivity contribution >= 4 is 27.0 Å². The van der Waals surface area contributed by atoms with Crippen molar-refractivity contribution in [1.82, 2.24) is 14.2 Å². The molecule has 2 aromatic rings. The van der Waals surface area contributed by atoms with Gasteiger partial charge in [-0.25, -0.2) is 13.2 Å². The molecular weight excluding hydrogens is 394 g/mol. The predicted octanol–water partition coefficient (Wildman–Crippen LogP) is 2.08. The first kappa shape index (κ1) is 21.6. The van der Waals surface area contributed by atoms with Crippen molar-refractivity contribution in [3.63, 3.8) is 0 Å². The monoisotopic (exact) mass is 423 g/mol. The minimum Gasteiger partial charge on any atom is -0.408 e. The van der Waals surface area contributed by atoms with Crippen LogP contribution in [0.25, 0.3) is 11.1 Å². The number of piperidine rings is 1. The van der Waals surface area contributed by atoms with E-state index in [9.17, 15) is 18.0 Å². The highest BCUT2D eigenvalue weighted by molar-refractivity contribution is 7.89. The Bertz CT molecular complexity index is 1050. The third kappa shape index (κ3) is 4.72. The minimum atomic E-state index is -3.96. The smallest absolute Gasteiger partial charge is 0.408 e. The molecule has 8 nitrogen and oxygen atoms in total. The van der Waals surface area contributed by atoms with Gasteiger partial charge in [0.05, 0.1) is 10.4 Å². The molecule has 1 atom stereocenters. The van der Waals surface area contributed by atoms with Crippen LogP contribution >= 0.6 is 0 Å². The lowest BCUT2D eigenvalue weighted by Gasteiger charge is -2.33. The SMILES string of the molecule is CC(C)C[C@@H](NS(=O)(=O)c1ccc2c(c1)oc(=O)n2C)C(=O)N1CCC(C)CC1.